The minimum atomic E-state index is -0.645. The second-order valence-corrected chi connectivity index (χ2v) is 8.27. The van der Waals surface area contributed by atoms with E-state index in [1.165, 1.54) is 6.07 Å². The van der Waals surface area contributed by atoms with E-state index >= 15 is 0 Å². The van der Waals surface area contributed by atoms with Gasteiger partial charge in [0.05, 0.1) is 16.6 Å². The molecule has 2 aromatic carbocycles. The van der Waals surface area contributed by atoms with Crippen molar-refractivity contribution in [3.8, 4) is 34.2 Å². The summed E-state index contributed by atoms with van der Waals surface area (Å²) < 4.78 is 14.9. The Bertz CT molecular complexity index is 1400. The molecule has 33 heavy (non-hydrogen) atoms. The fourth-order valence-corrected chi connectivity index (χ4v) is 4.41. The maximum atomic E-state index is 14.9. The number of halogens is 1. The van der Waals surface area contributed by atoms with E-state index < -0.39 is 5.82 Å². The van der Waals surface area contributed by atoms with Crippen LogP contribution in [0.25, 0.3) is 33.4 Å². The number of hydrogen-bond donors (Lipinski definition) is 3. The Hall–Kier alpha value is -3.96. The monoisotopic (exact) mass is 442 g/mol. The van der Waals surface area contributed by atoms with Crippen molar-refractivity contribution < 1.29 is 9.50 Å². The molecule has 0 saturated carbocycles. The van der Waals surface area contributed by atoms with Crippen LogP contribution < -0.4 is 10.2 Å². The fourth-order valence-electron chi connectivity index (χ4n) is 4.41. The van der Waals surface area contributed by atoms with Crippen molar-refractivity contribution in [1.82, 2.24) is 20.5 Å². The number of phenols is 1. The van der Waals surface area contributed by atoms with Gasteiger partial charge in [-0.1, -0.05) is 12.1 Å². The molecule has 4 aromatic rings. The van der Waals surface area contributed by atoms with Crippen LogP contribution in [0.1, 0.15) is 16.8 Å². The summed E-state index contributed by atoms with van der Waals surface area (Å²) in [4.78, 5) is 6.86. The predicted octanol–water partition coefficient (Wildman–Crippen LogP) is 4.03. The molecule has 5 rings (SSSR count). The average molecular weight is 442 g/mol. The van der Waals surface area contributed by atoms with Crippen molar-refractivity contribution in [3.05, 3.63) is 59.0 Å². The number of aromatic amines is 1. The van der Waals surface area contributed by atoms with Gasteiger partial charge < -0.3 is 15.3 Å². The molecule has 0 unspecified atom stereocenters. The van der Waals surface area contributed by atoms with Crippen molar-refractivity contribution in [2.45, 2.75) is 13.8 Å². The third-order valence-electron chi connectivity index (χ3n) is 6.17. The van der Waals surface area contributed by atoms with Crippen LogP contribution >= 0.6 is 0 Å². The first-order valence-electron chi connectivity index (χ1n) is 10.8. The number of nitrogens with one attached hydrogen (secondary N) is 2. The molecule has 0 amide bonds. The summed E-state index contributed by atoms with van der Waals surface area (Å²) in [7, 11) is 0. The third kappa shape index (κ3) is 3.56. The highest BCUT2D eigenvalue weighted by Crippen LogP contribution is 2.39. The number of aryl methyl sites for hydroxylation is 2. The molecule has 7 nitrogen and oxygen atoms in total. The van der Waals surface area contributed by atoms with Gasteiger partial charge in [-0.2, -0.15) is 10.4 Å². The van der Waals surface area contributed by atoms with Crippen molar-refractivity contribution in [1.29, 1.82) is 5.26 Å². The molecule has 0 atom stereocenters. The zero-order chi connectivity index (χ0) is 23.1. The first-order chi connectivity index (χ1) is 16.0. The fraction of sp³-hybridized carbons (Fsp3) is 0.240. The highest BCUT2D eigenvalue weighted by molar-refractivity contribution is 6.01. The number of aromatic hydroxyl groups is 1. The molecule has 8 heteroatoms. The smallest absolute Gasteiger partial charge is 0.182 e. The highest BCUT2D eigenvalue weighted by atomic mass is 19.1. The molecule has 166 valence electrons. The largest absolute Gasteiger partial charge is 0.508 e. The Kier molecular flexibility index (Phi) is 5.19. The van der Waals surface area contributed by atoms with E-state index in [2.05, 4.69) is 43.6 Å². The van der Waals surface area contributed by atoms with Crippen LogP contribution in [0.2, 0.25) is 0 Å². The van der Waals surface area contributed by atoms with Crippen molar-refractivity contribution in [3.63, 3.8) is 0 Å². The van der Waals surface area contributed by atoms with Crippen LogP contribution in [-0.2, 0) is 0 Å². The number of fused-ring (bicyclic) bond motifs is 1. The number of phenolic OH excluding ortho intramolecular Hbond substituents is 1. The van der Waals surface area contributed by atoms with Gasteiger partial charge in [0.1, 0.15) is 17.6 Å². The van der Waals surface area contributed by atoms with E-state index in [0.29, 0.717) is 16.8 Å². The van der Waals surface area contributed by atoms with Crippen LogP contribution in [-0.4, -0.2) is 46.5 Å². The third-order valence-corrected chi connectivity index (χ3v) is 6.17. The van der Waals surface area contributed by atoms with E-state index in [1.54, 1.807) is 6.92 Å². The molecule has 1 aliphatic rings. The van der Waals surface area contributed by atoms with Crippen molar-refractivity contribution in [2.75, 3.05) is 31.1 Å². The Labute approximate surface area is 190 Å². The molecule has 3 heterocycles. The van der Waals surface area contributed by atoms with Gasteiger partial charge in [-0.25, -0.2) is 9.37 Å². The van der Waals surface area contributed by atoms with Crippen LogP contribution in [0.3, 0.4) is 0 Å². The second-order valence-electron chi connectivity index (χ2n) is 8.27. The number of nitriles is 1. The minimum absolute atomic E-state index is 0.143. The highest BCUT2D eigenvalue weighted by Gasteiger charge is 2.23. The van der Waals surface area contributed by atoms with E-state index in [4.69, 9.17) is 0 Å². The Balaban J connectivity index is 1.73. The molecular formula is C25H23FN6O. The van der Waals surface area contributed by atoms with E-state index in [0.717, 1.165) is 54.6 Å². The lowest BCUT2D eigenvalue weighted by molar-refractivity contribution is 0.465. The van der Waals surface area contributed by atoms with Crippen molar-refractivity contribution >= 4 is 16.7 Å². The minimum Gasteiger partial charge on any atom is -0.508 e. The molecule has 1 fully saturated rings. The number of benzene rings is 2. The predicted molar refractivity (Wildman–Crippen MR) is 126 cm³/mol. The van der Waals surface area contributed by atoms with Gasteiger partial charge in [0.2, 0.25) is 0 Å². The lowest BCUT2D eigenvalue weighted by Gasteiger charge is -2.29. The van der Waals surface area contributed by atoms with Crippen LogP contribution in [0, 0.1) is 31.0 Å². The van der Waals surface area contributed by atoms with E-state index in [-0.39, 0.29) is 22.6 Å². The normalized spacial score (nSPS) is 13.9. The lowest BCUT2D eigenvalue weighted by Crippen LogP contribution is -2.43. The number of hydrogen-bond acceptors (Lipinski definition) is 6. The van der Waals surface area contributed by atoms with E-state index in [9.17, 15) is 14.8 Å². The molecular weight excluding hydrogens is 419 g/mol. The summed E-state index contributed by atoms with van der Waals surface area (Å²) >= 11 is 0. The summed E-state index contributed by atoms with van der Waals surface area (Å²) in [5, 5.41) is 31.4. The zero-order valence-electron chi connectivity index (χ0n) is 18.4. The van der Waals surface area contributed by atoms with Crippen LogP contribution in [0.4, 0.5) is 10.1 Å². The quantitative estimate of drug-likeness (QED) is 0.443. The Morgan fingerprint density at radius 3 is 2.55 bits per heavy atom. The number of piperazine rings is 1. The second kappa shape index (κ2) is 8.19. The topological polar surface area (TPSA) is 101 Å². The summed E-state index contributed by atoms with van der Waals surface area (Å²) in [5.41, 5.74) is 4.94. The van der Waals surface area contributed by atoms with Crippen LogP contribution in [0.5, 0.6) is 5.75 Å². The lowest BCUT2D eigenvalue weighted by atomic mass is 9.92. The average Bonchev–Trinajstić information content (AvgIpc) is 3.21. The Morgan fingerprint density at radius 2 is 1.85 bits per heavy atom. The van der Waals surface area contributed by atoms with Gasteiger partial charge in [0, 0.05) is 54.8 Å². The van der Waals surface area contributed by atoms with Gasteiger partial charge >= 0.3 is 0 Å². The van der Waals surface area contributed by atoms with Crippen molar-refractivity contribution in [2.24, 2.45) is 0 Å². The summed E-state index contributed by atoms with van der Waals surface area (Å²) in [6, 6.07) is 12.9. The molecule has 0 spiro atoms. The molecule has 3 N–H and O–H groups in total. The number of pyridine rings is 1. The zero-order valence-corrected chi connectivity index (χ0v) is 18.4. The SMILES string of the molecule is Cc1cc(-c2nc3n[nH]c(C)c3c(-c3ccc(N4CCNCC4)cc3)c2C#N)c(F)cc1O. The Morgan fingerprint density at radius 1 is 1.12 bits per heavy atom. The molecule has 1 aliphatic heterocycles. The standard InChI is InChI=1S/C25H23FN6O/c1-14-11-18(20(26)12-21(14)33)24-19(13-27)23(22-15(2)30-31-25(22)29-24)16-3-5-17(6-4-16)32-9-7-28-8-10-32/h3-6,11-12,28,33H,7-10H2,1-2H3,(H,29,30,31). The van der Waals surface area contributed by atoms with Crippen LogP contribution in [0.15, 0.2) is 36.4 Å². The number of nitrogens with zero attached hydrogens (tertiary/aromatic N) is 4. The first kappa shape index (κ1) is 20.9. The van der Waals surface area contributed by atoms with Gasteiger partial charge in [0.15, 0.2) is 5.65 Å². The number of rotatable bonds is 3. The maximum absolute atomic E-state index is 14.9. The van der Waals surface area contributed by atoms with E-state index in [1.807, 2.05) is 19.1 Å². The summed E-state index contributed by atoms with van der Waals surface area (Å²) in [6.45, 7) is 7.32. The molecule has 0 bridgehead atoms. The van der Waals surface area contributed by atoms with Gasteiger partial charge in [-0.15, -0.1) is 0 Å². The first-order valence-corrected chi connectivity index (χ1v) is 10.8. The number of anilines is 1. The summed E-state index contributed by atoms with van der Waals surface area (Å²) in [6.07, 6.45) is 0. The number of H-pyrrole nitrogens is 1. The molecule has 0 aliphatic carbocycles. The van der Waals surface area contributed by atoms with Gasteiger partial charge in [-0.3, -0.25) is 5.10 Å². The maximum Gasteiger partial charge on any atom is 0.182 e. The van der Waals surface area contributed by atoms with Gasteiger partial charge in [-0.05, 0) is 43.2 Å². The summed E-state index contributed by atoms with van der Waals surface area (Å²) in [5.74, 6) is -0.788. The van der Waals surface area contributed by atoms with Gasteiger partial charge in [0.25, 0.3) is 0 Å². The molecule has 0 radical (unpaired) electrons. The molecule has 2 aromatic heterocycles. The number of aromatic nitrogens is 3. The molecule has 1 saturated heterocycles.